The third-order valence-electron chi connectivity index (χ3n) is 2.05. The van der Waals surface area contributed by atoms with Gasteiger partial charge in [0.2, 0.25) is 0 Å². The monoisotopic (exact) mass is 213 g/mol. The largest absolute Gasteiger partial charge is 0.493 e. The lowest BCUT2D eigenvalue weighted by atomic mass is 10.3. The number of para-hydroxylation sites is 1. The standard InChI is InChI=1S/C14H13O2/c1-2-15-13-9-6-10-14(11-13)16-12-7-4-3-5-8-12/h3-11H,1-2H2. The van der Waals surface area contributed by atoms with Gasteiger partial charge in [-0.25, -0.2) is 0 Å². The van der Waals surface area contributed by atoms with Crippen molar-refractivity contribution >= 4 is 0 Å². The normalized spacial score (nSPS) is 9.81. The van der Waals surface area contributed by atoms with Crippen molar-refractivity contribution in [3.8, 4) is 17.2 Å². The molecule has 0 aliphatic carbocycles. The first-order valence-electron chi connectivity index (χ1n) is 5.13. The van der Waals surface area contributed by atoms with E-state index in [1.165, 1.54) is 0 Å². The van der Waals surface area contributed by atoms with Crippen LogP contribution in [0.5, 0.6) is 17.2 Å². The molecule has 0 saturated carbocycles. The Morgan fingerprint density at radius 1 is 0.812 bits per heavy atom. The van der Waals surface area contributed by atoms with Crippen LogP contribution in [0.15, 0.2) is 54.6 Å². The van der Waals surface area contributed by atoms with E-state index in [0.29, 0.717) is 6.61 Å². The van der Waals surface area contributed by atoms with Crippen LogP contribution < -0.4 is 9.47 Å². The Kier molecular flexibility index (Phi) is 3.44. The van der Waals surface area contributed by atoms with Gasteiger partial charge in [-0.1, -0.05) is 24.3 Å². The van der Waals surface area contributed by atoms with Gasteiger partial charge in [0.15, 0.2) is 0 Å². The predicted molar refractivity (Wildman–Crippen MR) is 63.8 cm³/mol. The molecule has 0 spiro atoms. The van der Waals surface area contributed by atoms with E-state index in [1.807, 2.05) is 54.6 Å². The van der Waals surface area contributed by atoms with Crippen molar-refractivity contribution in [1.82, 2.24) is 0 Å². The zero-order valence-electron chi connectivity index (χ0n) is 8.93. The molecule has 0 aromatic heterocycles. The second-order valence-corrected chi connectivity index (χ2v) is 3.24. The summed E-state index contributed by atoms with van der Waals surface area (Å²) in [5, 5.41) is 0. The summed E-state index contributed by atoms with van der Waals surface area (Å²) in [7, 11) is 0. The zero-order valence-corrected chi connectivity index (χ0v) is 8.93. The van der Waals surface area contributed by atoms with Gasteiger partial charge in [-0.3, -0.25) is 0 Å². The Balaban J connectivity index is 2.12. The van der Waals surface area contributed by atoms with E-state index in [1.54, 1.807) is 0 Å². The third kappa shape index (κ3) is 2.76. The van der Waals surface area contributed by atoms with Crippen molar-refractivity contribution in [3.63, 3.8) is 0 Å². The first-order valence-corrected chi connectivity index (χ1v) is 5.13. The second kappa shape index (κ2) is 5.21. The number of hydrogen-bond acceptors (Lipinski definition) is 2. The van der Waals surface area contributed by atoms with Crippen molar-refractivity contribution in [2.45, 2.75) is 0 Å². The van der Waals surface area contributed by atoms with Gasteiger partial charge >= 0.3 is 0 Å². The van der Waals surface area contributed by atoms with E-state index < -0.39 is 0 Å². The molecule has 0 unspecified atom stereocenters. The van der Waals surface area contributed by atoms with Crippen molar-refractivity contribution < 1.29 is 9.47 Å². The summed E-state index contributed by atoms with van der Waals surface area (Å²) >= 11 is 0. The molecule has 0 aliphatic heterocycles. The van der Waals surface area contributed by atoms with Crippen molar-refractivity contribution in [2.24, 2.45) is 0 Å². The highest BCUT2D eigenvalue weighted by atomic mass is 16.5. The van der Waals surface area contributed by atoms with E-state index in [4.69, 9.17) is 9.47 Å². The lowest BCUT2D eigenvalue weighted by Crippen LogP contribution is -1.91. The third-order valence-corrected chi connectivity index (χ3v) is 2.05. The highest BCUT2D eigenvalue weighted by Gasteiger charge is 1.98. The summed E-state index contributed by atoms with van der Waals surface area (Å²) in [6.45, 7) is 4.04. The Morgan fingerprint density at radius 3 is 2.25 bits per heavy atom. The summed E-state index contributed by atoms with van der Waals surface area (Å²) < 4.78 is 11.0. The summed E-state index contributed by atoms with van der Waals surface area (Å²) in [5.74, 6) is 2.34. The minimum Gasteiger partial charge on any atom is -0.493 e. The molecule has 0 bridgehead atoms. The van der Waals surface area contributed by atoms with E-state index >= 15 is 0 Å². The van der Waals surface area contributed by atoms with Crippen LogP contribution in [-0.4, -0.2) is 6.61 Å². The van der Waals surface area contributed by atoms with Gasteiger partial charge in [0.1, 0.15) is 17.2 Å². The zero-order chi connectivity index (χ0) is 11.2. The fourth-order valence-corrected chi connectivity index (χ4v) is 1.37. The number of rotatable bonds is 4. The van der Waals surface area contributed by atoms with E-state index in [-0.39, 0.29) is 0 Å². The van der Waals surface area contributed by atoms with Crippen LogP contribution in [0.3, 0.4) is 0 Å². The molecule has 0 heterocycles. The molecular formula is C14H13O2. The molecule has 2 aromatic rings. The Labute approximate surface area is 95.4 Å². The SMILES string of the molecule is [CH2]COc1cccc(Oc2ccccc2)c1. The van der Waals surface area contributed by atoms with E-state index in [0.717, 1.165) is 17.2 Å². The Bertz CT molecular complexity index is 437. The van der Waals surface area contributed by atoms with Crippen LogP contribution in [0.25, 0.3) is 0 Å². The highest BCUT2D eigenvalue weighted by Crippen LogP contribution is 2.24. The number of benzene rings is 2. The quantitative estimate of drug-likeness (QED) is 0.771. The smallest absolute Gasteiger partial charge is 0.131 e. The van der Waals surface area contributed by atoms with E-state index in [9.17, 15) is 0 Å². The molecule has 81 valence electrons. The average molecular weight is 213 g/mol. The molecule has 0 saturated heterocycles. The molecule has 2 aromatic carbocycles. The van der Waals surface area contributed by atoms with Gasteiger partial charge in [-0.05, 0) is 31.2 Å². The van der Waals surface area contributed by atoms with Crippen molar-refractivity contribution in [2.75, 3.05) is 6.61 Å². The molecule has 1 radical (unpaired) electrons. The van der Waals surface area contributed by atoms with Crippen LogP contribution in [-0.2, 0) is 0 Å². The van der Waals surface area contributed by atoms with Gasteiger partial charge in [0.05, 0.1) is 6.61 Å². The molecule has 2 nitrogen and oxygen atoms in total. The average Bonchev–Trinajstić information content (AvgIpc) is 2.31. The maximum atomic E-state index is 5.66. The maximum Gasteiger partial charge on any atom is 0.131 e. The maximum absolute atomic E-state index is 5.66. The summed E-state index contributed by atoms with van der Waals surface area (Å²) in [4.78, 5) is 0. The predicted octanol–water partition coefficient (Wildman–Crippen LogP) is 3.69. The highest BCUT2D eigenvalue weighted by molar-refractivity contribution is 5.36. The van der Waals surface area contributed by atoms with Gasteiger partial charge in [0, 0.05) is 6.07 Å². The molecule has 0 aliphatic rings. The lowest BCUT2D eigenvalue weighted by Gasteiger charge is -2.07. The van der Waals surface area contributed by atoms with Crippen LogP contribution in [0, 0.1) is 6.92 Å². The fourth-order valence-electron chi connectivity index (χ4n) is 1.37. The molecule has 0 atom stereocenters. The van der Waals surface area contributed by atoms with Crippen LogP contribution in [0.2, 0.25) is 0 Å². The molecule has 2 rings (SSSR count). The topological polar surface area (TPSA) is 18.5 Å². The van der Waals surface area contributed by atoms with Gasteiger partial charge in [-0.2, -0.15) is 0 Å². The van der Waals surface area contributed by atoms with Gasteiger partial charge in [0.25, 0.3) is 0 Å². The number of hydrogen-bond donors (Lipinski definition) is 0. The van der Waals surface area contributed by atoms with Crippen molar-refractivity contribution in [3.05, 3.63) is 61.5 Å². The second-order valence-electron chi connectivity index (χ2n) is 3.24. The molecule has 2 heteroatoms. The van der Waals surface area contributed by atoms with Crippen LogP contribution in [0.4, 0.5) is 0 Å². The molecule has 16 heavy (non-hydrogen) atoms. The first-order chi connectivity index (χ1) is 7.88. The Hall–Kier alpha value is -1.96. The minimum atomic E-state index is 0.411. The molecule has 0 amide bonds. The first kappa shape index (κ1) is 10.6. The van der Waals surface area contributed by atoms with E-state index in [2.05, 4.69) is 6.92 Å². The van der Waals surface area contributed by atoms with Gasteiger partial charge in [-0.15, -0.1) is 0 Å². The van der Waals surface area contributed by atoms with Crippen molar-refractivity contribution in [1.29, 1.82) is 0 Å². The lowest BCUT2D eigenvalue weighted by molar-refractivity contribution is 0.358. The number of ether oxygens (including phenoxy) is 2. The van der Waals surface area contributed by atoms with Crippen LogP contribution in [0.1, 0.15) is 0 Å². The van der Waals surface area contributed by atoms with Crippen LogP contribution >= 0.6 is 0 Å². The fraction of sp³-hybridized carbons (Fsp3) is 0.0714. The molecular weight excluding hydrogens is 200 g/mol. The molecule has 0 fully saturated rings. The summed E-state index contributed by atoms with van der Waals surface area (Å²) in [6.07, 6.45) is 0. The summed E-state index contributed by atoms with van der Waals surface area (Å²) in [6, 6.07) is 17.2. The summed E-state index contributed by atoms with van der Waals surface area (Å²) in [5.41, 5.74) is 0. The minimum absolute atomic E-state index is 0.411. The Morgan fingerprint density at radius 2 is 1.50 bits per heavy atom. The van der Waals surface area contributed by atoms with Gasteiger partial charge < -0.3 is 9.47 Å². The molecule has 0 N–H and O–H groups in total.